The number of hydrogen-bond donors (Lipinski definition) is 0. The molecule has 0 aliphatic rings. The van der Waals surface area contributed by atoms with E-state index >= 15 is 0 Å². The van der Waals surface area contributed by atoms with E-state index < -0.39 is 0 Å². The lowest BCUT2D eigenvalue weighted by Crippen LogP contribution is -2.00. The first-order valence-corrected chi connectivity index (χ1v) is 5.87. The van der Waals surface area contributed by atoms with Gasteiger partial charge in [-0.15, -0.1) is 0 Å². The van der Waals surface area contributed by atoms with Crippen molar-refractivity contribution in [1.82, 2.24) is 9.55 Å². The summed E-state index contributed by atoms with van der Waals surface area (Å²) in [5, 5.41) is 11.8. The van der Waals surface area contributed by atoms with E-state index in [1.165, 1.54) is 6.07 Å². The highest BCUT2D eigenvalue weighted by molar-refractivity contribution is 5.82. The Balaban J connectivity index is 2.04. The maximum Gasteiger partial charge on any atom is 0.271 e. The molecule has 0 saturated carbocycles. The van der Waals surface area contributed by atoms with Gasteiger partial charge in [-0.05, 0) is 24.3 Å². The van der Waals surface area contributed by atoms with Crippen molar-refractivity contribution < 1.29 is 4.92 Å². The van der Waals surface area contributed by atoms with Crippen molar-refractivity contribution in [3.8, 4) is 0 Å². The van der Waals surface area contributed by atoms with Gasteiger partial charge in [0.1, 0.15) is 0 Å². The Labute approximate surface area is 109 Å². The average molecular weight is 253 g/mol. The first-order chi connectivity index (χ1) is 9.24. The molecule has 0 aliphatic carbocycles. The zero-order valence-corrected chi connectivity index (χ0v) is 10.1. The van der Waals surface area contributed by atoms with E-state index in [4.69, 9.17) is 0 Å². The minimum atomic E-state index is -0.377. The largest absolute Gasteiger partial charge is 0.341 e. The van der Waals surface area contributed by atoms with E-state index in [2.05, 4.69) is 4.98 Å². The number of nitro benzene ring substituents is 1. The van der Waals surface area contributed by atoms with Crippen LogP contribution in [0.4, 0.5) is 5.69 Å². The van der Waals surface area contributed by atoms with Crippen molar-refractivity contribution in [3.05, 3.63) is 70.7 Å². The van der Waals surface area contributed by atoms with Crippen molar-refractivity contribution in [2.75, 3.05) is 0 Å². The predicted molar refractivity (Wildman–Crippen MR) is 71.9 cm³/mol. The standard InChI is InChI=1S/C14H11N3O2/c18-17(19)13-5-4-11-6-8-16(14(11)9-13)10-12-3-1-2-7-15-12/h1-9H,10H2. The predicted octanol–water partition coefficient (Wildman–Crippen LogP) is 2.99. The number of hydrogen-bond acceptors (Lipinski definition) is 3. The minimum absolute atomic E-state index is 0.105. The number of nitrogens with zero attached hydrogens (tertiary/aromatic N) is 3. The van der Waals surface area contributed by atoms with Crippen molar-refractivity contribution in [2.45, 2.75) is 6.54 Å². The molecule has 1 aromatic carbocycles. The summed E-state index contributed by atoms with van der Waals surface area (Å²) in [5.41, 5.74) is 1.87. The molecule has 0 unspecified atom stereocenters. The number of benzene rings is 1. The Bertz CT molecular complexity index is 735. The Kier molecular flexibility index (Phi) is 2.72. The van der Waals surface area contributed by atoms with Gasteiger partial charge in [-0.25, -0.2) is 0 Å². The van der Waals surface area contributed by atoms with Gasteiger partial charge in [-0.1, -0.05) is 6.07 Å². The van der Waals surface area contributed by atoms with Crippen LogP contribution >= 0.6 is 0 Å². The second kappa shape index (κ2) is 4.53. The van der Waals surface area contributed by atoms with Crippen molar-refractivity contribution >= 4 is 16.6 Å². The van der Waals surface area contributed by atoms with Gasteiger partial charge in [-0.3, -0.25) is 15.1 Å². The molecule has 2 aromatic heterocycles. The zero-order chi connectivity index (χ0) is 13.2. The molecule has 0 atom stereocenters. The van der Waals surface area contributed by atoms with E-state index in [9.17, 15) is 10.1 Å². The Morgan fingerprint density at radius 3 is 2.84 bits per heavy atom. The van der Waals surface area contributed by atoms with E-state index in [0.29, 0.717) is 6.54 Å². The maximum atomic E-state index is 10.8. The molecule has 3 aromatic rings. The maximum absolute atomic E-state index is 10.8. The van der Waals surface area contributed by atoms with Crippen LogP contribution in [0.2, 0.25) is 0 Å². The van der Waals surface area contributed by atoms with Crippen molar-refractivity contribution in [2.24, 2.45) is 0 Å². The summed E-state index contributed by atoms with van der Waals surface area (Å²) in [6.45, 7) is 0.603. The average Bonchev–Trinajstić information content (AvgIpc) is 2.82. The molecule has 0 spiro atoms. The van der Waals surface area contributed by atoms with Gasteiger partial charge in [0.05, 0.1) is 22.7 Å². The number of rotatable bonds is 3. The summed E-state index contributed by atoms with van der Waals surface area (Å²) in [4.78, 5) is 14.7. The zero-order valence-electron chi connectivity index (χ0n) is 10.1. The summed E-state index contributed by atoms with van der Waals surface area (Å²) >= 11 is 0. The van der Waals surface area contributed by atoms with Crippen LogP contribution in [0.5, 0.6) is 0 Å². The lowest BCUT2D eigenvalue weighted by molar-refractivity contribution is -0.384. The molecule has 0 saturated heterocycles. The van der Waals surface area contributed by atoms with E-state index in [1.54, 1.807) is 18.3 Å². The monoisotopic (exact) mass is 253 g/mol. The highest BCUT2D eigenvalue weighted by atomic mass is 16.6. The number of aromatic nitrogens is 2. The molecule has 0 amide bonds. The fraction of sp³-hybridized carbons (Fsp3) is 0.0714. The summed E-state index contributed by atoms with van der Waals surface area (Å²) in [5.74, 6) is 0. The Hall–Kier alpha value is -2.69. The topological polar surface area (TPSA) is 61.0 Å². The van der Waals surface area contributed by atoms with Crippen LogP contribution in [0.1, 0.15) is 5.69 Å². The molecular formula is C14H11N3O2. The van der Waals surface area contributed by atoms with Crippen molar-refractivity contribution in [1.29, 1.82) is 0 Å². The summed E-state index contributed by atoms with van der Waals surface area (Å²) in [6.07, 6.45) is 3.66. The highest BCUT2D eigenvalue weighted by Gasteiger charge is 2.09. The van der Waals surface area contributed by atoms with Crippen LogP contribution < -0.4 is 0 Å². The normalized spacial score (nSPS) is 10.7. The molecule has 0 fully saturated rings. The lowest BCUT2D eigenvalue weighted by atomic mass is 10.2. The second-order valence-electron chi connectivity index (χ2n) is 4.26. The van der Waals surface area contributed by atoms with Gasteiger partial charge < -0.3 is 4.57 Å². The molecule has 19 heavy (non-hydrogen) atoms. The Morgan fingerprint density at radius 2 is 2.11 bits per heavy atom. The number of pyridine rings is 1. The molecule has 3 rings (SSSR count). The third kappa shape index (κ3) is 2.18. The quantitative estimate of drug-likeness (QED) is 0.532. The lowest BCUT2D eigenvalue weighted by Gasteiger charge is -2.04. The molecule has 0 bridgehead atoms. The van der Waals surface area contributed by atoms with Gasteiger partial charge >= 0.3 is 0 Å². The van der Waals surface area contributed by atoms with E-state index in [-0.39, 0.29) is 10.6 Å². The van der Waals surface area contributed by atoms with Gasteiger partial charge in [0, 0.05) is 29.9 Å². The fourth-order valence-electron chi connectivity index (χ4n) is 2.09. The van der Waals surface area contributed by atoms with Gasteiger partial charge in [0.2, 0.25) is 0 Å². The summed E-state index contributed by atoms with van der Waals surface area (Å²) in [6, 6.07) is 12.6. The van der Waals surface area contributed by atoms with Crippen LogP contribution in [0.15, 0.2) is 54.9 Å². The molecular weight excluding hydrogens is 242 g/mol. The van der Waals surface area contributed by atoms with Crippen LogP contribution in [0.25, 0.3) is 10.9 Å². The fourth-order valence-corrected chi connectivity index (χ4v) is 2.09. The summed E-state index contributed by atoms with van der Waals surface area (Å²) < 4.78 is 1.96. The van der Waals surface area contributed by atoms with Crippen LogP contribution in [0.3, 0.4) is 0 Å². The number of nitro groups is 1. The molecule has 94 valence electrons. The molecule has 2 heterocycles. The first-order valence-electron chi connectivity index (χ1n) is 5.87. The summed E-state index contributed by atoms with van der Waals surface area (Å²) in [7, 11) is 0. The van der Waals surface area contributed by atoms with E-state index in [1.807, 2.05) is 35.0 Å². The van der Waals surface area contributed by atoms with E-state index in [0.717, 1.165) is 16.6 Å². The van der Waals surface area contributed by atoms with Crippen LogP contribution in [-0.4, -0.2) is 14.5 Å². The molecule has 0 radical (unpaired) electrons. The number of fused-ring (bicyclic) bond motifs is 1. The molecule has 0 aliphatic heterocycles. The van der Waals surface area contributed by atoms with Crippen LogP contribution in [0, 0.1) is 10.1 Å². The Morgan fingerprint density at radius 1 is 1.21 bits per heavy atom. The van der Waals surface area contributed by atoms with Gasteiger partial charge in [-0.2, -0.15) is 0 Å². The van der Waals surface area contributed by atoms with Crippen LogP contribution in [-0.2, 0) is 6.54 Å². The minimum Gasteiger partial charge on any atom is -0.341 e. The molecule has 0 N–H and O–H groups in total. The smallest absolute Gasteiger partial charge is 0.271 e. The second-order valence-corrected chi connectivity index (χ2v) is 4.26. The number of non-ortho nitro benzene ring substituents is 1. The third-order valence-corrected chi connectivity index (χ3v) is 3.03. The SMILES string of the molecule is O=[N+]([O-])c1ccc2ccn(Cc3ccccn3)c2c1. The third-order valence-electron chi connectivity index (χ3n) is 3.03. The van der Waals surface area contributed by atoms with Gasteiger partial charge in [0.25, 0.3) is 5.69 Å². The van der Waals surface area contributed by atoms with Crippen molar-refractivity contribution in [3.63, 3.8) is 0 Å². The van der Waals surface area contributed by atoms with Gasteiger partial charge in [0.15, 0.2) is 0 Å². The molecule has 5 heteroatoms. The highest BCUT2D eigenvalue weighted by Crippen LogP contribution is 2.22. The molecule has 5 nitrogen and oxygen atoms in total. The first kappa shape index (κ1) is 11.4.